The van der Waals surface area contributed by atoms with Gasteiger partial charge >= 0.3 is 103 Å². The van der Waals surface area contributed by atoms with Crippen molar-refractivity contribution in [3.05, 3.63) is 70.3 Å². The van der Waals surface area contributed by atoms with Crippen molar-refractivity contribution in [1.29, 1.82) is 0 Å². The average molecular weight is 505 g/mol. The summed E-state index contributed by atoms with van der Waals surface area (Å²) in [6.07, 6.45) is 6.74. The molecule has 4 bridgehead atoms. The molecule has 0 radical (unpaired) electrons. The van der Waals surface area contributed by atoms with Crippen molar-refractivity contribution in [1.82, 2.24) is 0 Å². The molecule has 4 saturated carbocycles. The van der Waals surface area contributed by atoms with Crippen LogP contribution in [0, 0.1) is 34.5 Å². The number of rotatable bonds is 3. The van der Waals surface area contributed by atoms with Crippen molar-refractivity contribution in [2.24, 2.45) is 22.7 Å². The quantitative estimate of drug-likeness (QED) is 0.333. The van der Waals surface area contributed by atoms with Crippen LogP contribution in [0.25, 0.3) is 0 Å². The molecule has 0 saturated heterocycles. The standard InChI is InChI=1S/C28H28O4.2K/c1-27-13-19-11-23(15-27)24(28(2,14-19)16-27)20-7-5-17(6-8-20)3-4-18-9-21(25(29)30)12-22(10-18)26(31)32;;/h5-10,12,19,23-24H,11,13-16H2,1-2H3,(H,29,30)(H,31,32);;/q;2*+1/p-2. The number of hydrogen-bond donors (Lipinski definition) is 0. The Kier molecular flexibility index (Phi) is 9.23. The summed E-state index contributed by atoms with van der Waals surface area (Å²) < 4.78 is 0. The second-order valence-electron chi connectivity index (χ2n) is 10.8. The van der Waals surface area contributed by atoms with E-state index in [4.69, 9.17) is 0 Å². The minimum atomic E-state index is -1.45. The third-order valence-electron chi connectivity index (χ3n) is 8.01. The molecule has 6 rings (SSSR count). The molecule has 34 heavy (non-hydrogen) atoms. The summed E-state index contributed by atoms with van der Waals surface area (Å²) in [5, 5.41) is 22.3. The van der Waals surface area contributed by atoms with Crippen LogP contribution >= 0.6 is 0 Å². The smallest absolute Gasteiger partial charge is 0.545 e. The van der Waals surface area contributed by atoms with Crippen LogP contribution in [0.3, 0.4) is 0 Å². The fourth-order valence-corrected chi connectivity index (χ4v) is 7.60. The maximum absolute atomic E-state index is 11.2. The molecule has 4 nitrogen and oxygen atoms in total. The van der Waals surface area contributed by atoms with Crippen molar-refractivity contribution < 1.29 is 123 Å². The van der Waals surface area contributed by atoms with Gasteiger partial charge in [-0.3, -0.25) is 0 Å². The van der Waals surface area contributed by atoms with Crippen LogP contribution < -0.4 is 113 Å². The monoisotopic (exact) mass is 504 g/mol. The number of hydrogen-bond acceptors (Lipinski definition) is 4. The number of carboxylic acids is 2. The van der Waals surface area contributed by atoms with E-state index >= 15 is 0 Å². The molecule has 5 unspecified atom stereocenters. The fourth-order valence-electron chi connectivity index (χ4n) is 7.60. The van der Waals surface area contributed by atoms with Gasteiger partial charge in [0.25, 0.3) is 0 Å². The zero-order valence-corrected chi connectivity index (χ0v) is 26.7. The molecule has 4 aliphatic rings. The Morgan fingerprint density at radius 3 is 1.97 bits per heavy atom. The number of carboxylic acid groups (broad SMARTS) is 2. The second-order valence-corrected chi connectivity index (χ2v) is 10.8. The first-order valence-corrected chi connectivity index (χ1v) is 11.3. The molecule has 164 valence electrons. The molecule has 6 heteroatoms. The first-order chi connectivity index (χ1) is 15.1. The number of benzene rings is 2. The van der Waals surface area contributed by atoms with Gasteiger partial charge < -0.3 is 19.8 Å². The van der Waals surface area contributed by atoms with Gasteiger partial charge in [0.15, 0.2) is 0 Å². The molecule has 0 aliphatic heterocycles. The average Bonchev–Trinajstić information content (AvgIpc) is 2.70. The molecule has 4 aliphatic carbocycles. The first-order valence-electron chi connectivity index (χ1n) is 11.3. The van der Waals surface area contributed by atoms with Gasteiger partial charge in [0.1, 0.15) is 0 Å². The molecule has 0 amide bonds. The minimum Gasteiger partial charge on any atom is -0.545 e. The van der Waals surface area contributed by atoms with Crippen LogP contribution in [0.4, 0.5) is 0 Å². The van der Waals surface area contributed by atoms with Crippen molar-refractivity contribution in [2.75, 3.05) is 0 Å². The molecule has 2 aromatic rings. The summed E-state index contributed by atoms with van der Waals surface area (Å²) >= 11 is 0. The summed E-state index contributed by atoms with van der Waals surface area (Å²) in [4.78, 5) is 22.3. The van der Waals surface area contributed by atoms with E-state index in [2.05, 4.69) is 37.8 Å². The molecule has 0 spiro atoms. The second kappa shape index (κ2) is 10.9. The zero-order chi connectivity index (χ0) is 22.7. The van der Waals surface area contributed by atoms with E-state index in [1.807, 2.05) is 12.1 Å². The fraction of sp³-hybridized carbons (Fsp3) is 0.429. The van der Waals surface area contributed by atoms with Crippen molar-refractivity contribution >= 4 is 11.9 Å². The SMILES string of the molecule is CC12CC3CC(C1)C(c1ccc(C#Cc4cc(C(=O)[O-])cc(C(=O)[O-])c4)cc1)C(C)(C3)C2.[K+].[K+]. The third kappa shape index (κ3) is 5.70. The van der Waals surface area contributed by atoms with Crippen LogP contribution in [0.1, 0.15) is 89.3 Å². The van der Waals surface area contributed by atoms with Gasteiger partial charge in [-0.1, -0.05) is 37.8 Å². The van der Waals surface area contributed by atoms with Crippen molar-refractivity contribution in [2.45, 2.75) is 51.9 Å². The molecule has 0 aromatic heterocycles. The number of carbonyl (C=O) groups excluding carboxylic acids is 2. The molecular weight excluding hydrogens is 479 g/mol. The predicted octanol–water partition coefficient (Wildman–Crippen LogP) is -2.86. The van der Waals surface area contributed by atoms with E-state index in [0.29, 0.717) is 22.3 Å². The van der Waals surface area contributed by atoms with E-state index in [0.717, 1.165) is 23.5 Å². The Morgan fingerprint density at radius 2 is 1.44 bits per heavy atom. The molecule has 0 N–H and O–H groups in total. The van der Waals surface area contributed by atoms with Gasteiger partial charge in [-0.05, 0) is 108 Å². The third-order valence-corrected chi connectivity index (χ3v) is 8.01. The summed E-state index contributed by atoms with van der Waals surface area (Å²) in [6.45, 7) is 4.97. The molecular formula is C28H26K2O4. The van der Waals surface area contributed by atoms with E-state index in [-0.39, 0.29) is 114 Å². The van der Waals surface area contributed by atoms with Gasteiger partial charge in [-0.15, -0.1) is 0 Å². The Balaban J connectivity index is 0.00000162. The van der Waals surface area contributed by atoms with E-state index in [9.17, 15) is 19.8 Å². The summed E-state index contributed by atoms with van der Waals surface area (Å²) in [6, 6.07) is 12.1. The normalized spacial score (nSPS) is 30.4. The minimum absolute atomic E-state index is 0. The van der Waals surface area contributed by atoms with Crippen molar-refractivity contribution in [3.63, 3.8) is 0 Å². The van der Waals surface area contributed by atoms with E-state index < -0.39 is 11.9 Å². The van der Waals surface area contributed by atoms with Gasteiger partial charge in [0, 0.05) is 11.1 Å². The zero-order valence-electron chi connectivity index (χ0n) is 20.4. The Bertz CT molecular complexity index is 1150. The summed E-state index contributed by atoms with van der Waals surface area (Å²) in [5.74, 6) is 5.27. The van der Waals surface area contributed by atoms with Crippen molar-refractivity contribution in [3.8, 4) is 11.8 Å². The molecule has 5 atom stereocenters. The number of aromatic carboxylic acids is 2. The topological polar surface area (TPSA) is 80.3 Å². The predicted molar refractivity (Wildman–Crippen MR) is 117 cm³/mol. The van der Waals surface area contributed by atoms with Crippen LogP contribution in [-0.2, 0) is 0 Å². The van der Waals surface area contributed by atoms with Crippen LogP contribution in [-0.4, -0.2) is 11.9 Å². The number of carbonyl (C=O) groups is 2. The van der Waals surface area contributed by atoms with Gasteiger partial charge in [-0.25, -0.2) is 0 Å². The van der Waals surface area contributed by atoms with Gasteiger partial charge in [0.2, 0.25) is 0 Å². The summed E-state index contributed by atoms with van der Waals surface area (Å²) in [5.41, 5.74) is 2.94. The summed E-state index contributed by atoms with van der Waals surface area (Å²) in [7, 11) is 0. The van der Waals surface area contributed by atoms with Crippen LogP contribution in [0.15, 0.2) is 42.5 Å². The molecule has 0 heterocycles. The van der Waals surface area contributed by atoms with E-state index in [1.54, 1.807) is 0 Å². The van der Waals surface area contributed by atoms with Crippen LogP contribution in [0.2, 0.25) is 0 Å². The van der Waals surface area contributed by atoms with E-state index in [1.165, 1.54) is 49.8 Å². The van der Waals surface area contributed by atoms with Gasteiger partial charge in [-0.2, -0.15) is 0 Å². The maximum atomic E-state index is 11.2. The Labute approximate surface area is 286 Å². The Morgan fingerprint density at radius 1 is 0.853 bits per heavy atom. The molecule has 2 aromatic carbocycles. The molecule has 4 fully saturated rings. The largest absolute Gasteiger partial charge is 1.00 e. The maximum Gasteiger partial charge on any atom is 1.00 e. The first kappa shape index (κ1) is 28.8. The Hall–Kier alpha value is 0.213. The van der Waals surface area contributed by atoms with Gasteiger partial charge in [0.05, 0.1) is 11.9 Å². The van der Waals surface area contributed by atoms with Crippen LogP contribution in [0.5, 0.6) is 0 Å².